The third-order valence-electron chi connectivity index (χ3n) is 10.3. The summed E-state index contributed by atoms with van der Waals surface area (Å²) < 4.78 is 66.9. The molecule has 26 heteroatoms. The number of ether oxygens (including phenoxy) is 7. The fourth-order valence-electron chi connectivity index (χ4n) is 6.91. The Morgan fingerprint density at radius 2 is 1.16 bits per heavy atom. The van der Waals surface area contributed by atoms with Crippen LogP contribution in [0.15, 0.2) is 12.7 Å². The van der Waals surface area contributed by atoms with Crippen LogP contribution in [0, 0.1) is 36.8 Å². The number of esters is 1. The normalized spacial score (nSPS) is 22.1. The van der Waals surface area contributed by atoms with Crippen LogP contribution in [0.3, 0.4) is 0 Å². The lowest BCUT2D eigenvalue weighted by Gasteiger charge is -2.25. The van der Waals surface area contributed by atoms with Crippen molar-refractivity contribution in [1.29, 1.82) is 0 Å². The third kappa shape index (κ3) is 13.3. The zero-order valence-corrected chi connectivity index (χ0v) is 37.3. The lowest BCUT2D eigenvalue weighted by molar-refractivity contribution is -0.155. The number of carboxylic acids is 1. The van der Waals surface area contributed by atoms with E-state index in [1.54, 1.807) is 20.8 Å². The van der Waals surface area contributed by atoms with Gasteiger partial charge in [0.2, 0.25) is 0 Å². The predicted octanol–water partition coefficient (Wildman–Crippen LogP) is 3.25. The van der Waals surface area contributed by atoms with E-state index < -0.39 is 85.1 Å². The molecular formula is C42H52F2N10O14. The van der Waals surface area contributed by atoms with Gasteiger partial charge >= 0.3 is 36.4 Å². The molecule has 24 nitrogen and oxygen atoms in total. The van der Waals surface area contributed by atoms with Crippen molar-refractivity contribution in [2.45, 2.75) is 126 Å². The number of halogens is 2. The van der Waals surface area contributed by atoms with E-state index in [1.165, 1.54) is 21.8 Å². The molecule has 2 aliphatic rings. The van der Waals surface area contributed by atoms with Gasteiger partial charge in [0.15, 0.2) is 45.2 Å². The lowest BCUT2D eigenvalue weighted by atomic mass is 9.99. The number of unbranched alkanes of at least 4 members (excludes halogenated alkanes) is 4. The molecule has 2 aliphatic heterocycles. The number of carbonyl (C=O) groups is 4. The van der Waals surface area contributed by atoms with Crippen molar-refractivity contribution in [3.63, 3.8) is 0 Å². The van der Waals surface area contributed by atoms with Crippen molar-refractivity contribution < 1.29 is 76.4 Å². The number of hydrogen-bond donors (Lipinski definition) is 5. The van der Waals surface area contributed by atoms with Crippen LogP contribution in [0.5, 0.6) is 0 Å². The van der Waals surface area contributed by atoms with Crippen molar-refractivity contribution in [3.8, 4) is 24.7 Å². The Bertz CT molecular complexity index is 2520. The molecule has 4 aromatic heterocycles. The Labute approximate surface area is 387 Å². The summed E-state index contributed by atoms with van der Waals surface area (Å²) in [5, 5.41) is 29.7. The minimum atomic E-state index is -1.67. The fraction of sp³-hybridized carbons (Fsp3) is 0.571. The minimum Gasteiger partial charge on any atom is -0.481 e. The Kier molecular flexibility index (Phi) is 17.3. The summed E-state index contributed by atoms with van der Waals surface area (Å²) in [7, 11) is 0. The van der Waals surface area contributed by atoms with E-state index in [1.807, 2.05) is 0 Å². The molecule has 2 saturated heterocycles. The van der Waals surface area contributed by atoms with Crippen molar-refractivity contribution in [2.24, 2.45) is 0 Å². The first-order valence-electron chi connectivity index (χ1n) is 21.2. The van der Waals surface area contributed by atoms with Crippen molar-refractivity contribution in [3.05, 3.63) is 24.8 Å². The van der Waals surface area contributed by atoms with Gasteiger partial charge in [-0.2, -0.15) is 28.7 Å². The molecule has 2 fully saturated rings. The molecule has 0 radical (unpaired) electrons. The van der Waals surface area contributed by atoms with Crippen LogP contribution >= 0.6 is 0 Å². The fourth-order valence-corrected chi connectivity index (χ4v) is 6.91. The number of anilines is 2. The standard InChI is InChI=1S/C23H30FN5O7.C19H22FN5O7/c1-5-23(12-34-21(32)33-10-8-6-7-9-16(31)36-22(2,3)4)14(30)11-15(35-23)29-13-26-17-18(25)27-20(24)28-19(17)29;1-2-19(9-31-18(29)30-7-5-3-4-6-13(27)28)11(26)8-12(32-19)25-10-22-14-15(21)23-17(20)24-16(14)25/h1,13-15,30H,6-12H2,2-4H3,(H2,25,27,28);1,10-12,26H,3-9H2,(H,27,28)(H2,21,23,24)/t14-,15+,23+;11-,12+,19+/m00/s1. The summed E-state index contributed by atoms with van der Waals surface area (Å²) in [5.74, 6) is 3.20. The number of imidazole rings is 2. The Morgan fingerprint density at radius 1 is 0.735 bits per heavy atom. The first-order valence-corrected chi connectivity index (χ1v) is 21.2. The van der Waals surface area contributed by atoms with Crippen molar-refractivity contribution >= 4 is 58.2 Å². The van der Waals surface area contributed by atoms with Crippen molar-refractivity contribution in [1.82, 2.24) is 39.0 Å². The second-order valence-corrected chi connectivity index (χ2v) is 16.5. The second kappa shape index (κ2) is 22.7. The number of hydrogen-bond acceptors (Lipinski definition) is 21. The van der Waals surface area contributed by atoms with E-state index in [9.17, 15) is 38.2 Å². The Balaban J connectivity index is 0.000000256. The van der Waals surface area contributed by atoms with E-state index in [4.69, 9.17) is 62.6 Å². The highest BCUT2D eigenvalue weighted by molar-refractivity contribution is 5.82. The number of terminal acetylenes is 2. The van der Waals surface area contributed by atoms with Crippen LogP contribution in [0.1, 0.15) is 97.4 Å². The number of aliphatic hydroxyl groups excluding tert-OH is 2. The summed E-state index contributed by atoms with van der Waals surface area (Å²) in [6.07, 6.45) is 9.11. The number of carbonyl (C=O) groups excluding carboxylic acids is 3. The molecule has 0 spiro atoms. The largest absolute Gasteiger partial charge is 0.508 e. The number of fused-ring (bicyclic) bond motifs is 2. The molecule has 0 saturated carbocycles. The van der Waals surface area contributed by atoms with Crippen LogP contribution in [-0.2, 0) is 42.7 Å². The summed E-state index contributed by atoms with van der Waals surface area (Å²) in [6, 6.07) is 0. The number of nitrogens with two attached hydrogens (primary N) is 2. The molecule has 4 aromatic rings. The molecular weight excluding hydrogens is 907 g/mol. The van der Waals surface area contributed by atoms with E-state index in [0.29, 0.717) is 38.5 Å². The zero-order valence-electron chi connectivity index (χ0n) is 37.3. The van der Waals surface area contributed by atoms with Gasteiger partial charge in [0.25, 0.3) is 0 Å². The number of nitrogens with zero attached hydrogens (tertiary/aromatic N) is 8. The molecule has 68 heavy (non-hydrogen) atoms. The maximum absolute atomic E-state index is 13.7. The van der Waals surface area contributed by atoms with E-state index in [2.05, 4.69) is 41.7 Å². The third-order valence-corrected chi connectivity index (χ3v) is 10.3. The average Bonchev–Trinajstić information content (AvgIpc) is 4.05. The minimum absolute atomic E-state index is 0.00274. The highest BCUT2D eigenvalue weighted by Gasteiger charge is 2.51. The van der Waals surface area contributed by atoms with Crippen molar-refractivity contribution in [2.75, 3.05) is 37.9 Å². The highest BCUT2D eigenvalue weighted by atomic mass is 19.1. The smallest absolute Gasteiger partial charge is 0.481 e. The van der Waals surface area contributed by atoms with Crippen LogP contribution in [0.25, 0.3) is 22.3 Å². The summed E-state index contributed by atoms with van der Waals surface area (Å²) in [4.78, 5) is 68.2. The quantitative estimate of drug-likeness (QED) is 0.0314. The molecule has 6 atom stereocenters. The molecule has 0 bridgehead atoms. The molecule has 0 unspecified atom stereocenters. The number of aliphatic carboxylic acids is 1. The van der Waals surface area contributed by atoms with Gasteiger partial charge < -0.3 is 59.9 Å². The molecule has 0 amide bonds. The number of nitrogen functional groups attached to an aromatic ring is 2. The molecule has 6 heterocycles. The first kappa shape index (κ1) is 52.0. The number of aromatic nitrogens is 8. The van der Waals surface area contributed by atoms with Crippen LogP contribution < -0.4 is 11.5 Å². The van der Waals surface area contributed by atoms with Crippen LogP contribution in [-0.4, -0.2) is 134 Å². The molecule has 0 aliphatic carbocycles. The summed E-state index contributed by atoms with van der Waals surface area (Å²) >= 11 is 0. The monoisotopic (exact) mass is 958 g/mol. The van der Waals surface area contributed by atoms with Gasteiger partial charge in [-0.25, -0.2) is 19.6 Å². The number of aliphatic hydroxyl groups is 2. The van der Waals surface area contributed by atoms with Crippen LogP contribution in [0.2, 0.25) is 0 Å². The summed E-state index contributed by atoms with van der Waals surface area (Å²) in [5.41, 5.74) is 7.92. The predicted molar refractivity (Wildman–Crippen MR) is 229 cm³/mol. The topological polar surface area (TPSA) is 333 Å². The molecule has 0 aromatic carbocycles. The molecule has 6 rings (SSSR count). The molecule has 7 N–H and O–H groups in total. The van der Waals surface area contributed by atoms with Gasteiger partial charge in [0.1, 0.15) is 43.5 Å². The highest BCUT2D eigenvalue weighted by Crippen LogP contribution is 2.40. The number of rotatable bonds is 18. The van der Waals surface area contributed by atoms with E-state index in [0.717, 1.165) is 0 Å². The second-order valence-electron chi connectivity index (χ2n) is 16.5. The maximum Gasteiger partial charge on any atom is 0.508 e. The SMILES string of the molecule is C#C[C@]1(COC(=O)OCCCCCC(=O)O)O[C@@H](n2cnc3c(N)nc(F)nc32)C[C@@H]1O.C#C[C@]1(COC(=O)OCCCCCC(=O)OC(C)(C)C)O[C@@H](n2cnc3c(N)nc(F)nc32)C[C@@H]1O. The lowest BCUT2D eigenvalue weighted by Crippen LogP contribution is -2.43. The summed E-state index contributed by atoms with van der Waals surface area (Å²) in [6.45, 7) is 4.56. The first-order chi connectivity index (χ1) is 32.2. The van der Waals surface area contributed by atoms with Gasteiger partial charge in [-0.05, 0) is 59.3 Å². The van der Waals surface area contributed by atoms with Crippen LogP contribution in [0.4, 0.5) is 30.0 Å². The Morgan fingerprint density at radius 3 is 1.56 bits per heavy atom. The van der Waals surface area contributed by atoms with Gasteiger partial charge in [0.05, 0.1) is 25.9 Å². The molecule has 368 valence electrons. The number of carboxylic acid groups (broad SMARTS) is 1. The van der Waals surface area contributed by atoms with Gasteiger partial charge in [-0.15, -0.1) is 12.8 Å². The van der Waals surface area contributed by atoms with Gasteiger partial charge in [0, 0.05) is 25.7 Å². The maximum atomic E-state index is 13.7. The van der Waals surface area contributed by atoms with E-state index in [-0.39, 0.29) is 78.8 Å². The Hall–Kier alpha value is -7.00. The van der Waals surface area contributed by atoms with Gasteiger partial charge in [-0.3, -0.25) is 18.7 Å². The van der Waals surface area contributed by atoms with Gasteiger partial charge in [-0.1, -0.05) is 11.8 Å². The zero-order chi connectivity index (χ0) is 49.8. The van der Waals surface area contributed by atoms with E-state index >= 15 is 0 Å². The average molecular weight is 959 g/mol.